The number of hydrogen-bond donors (Lipinski definition) is 2. The lowest BCUT2D eigenvalue weighted by molar-refractivity contribution is 0.0950. The van der Waals surface area contributed by atoms with Crippen molar-refractivity contribution in [2.75, 3.05) is 0 Å². The van der Waals surface area contributed by atoms with Gasteiger partial charge in [-0.25, -0.2) is 0 Å². The maximum absolute atomic E-state index is 12.3. The van der Waals surface area contributed by atoms with Gasteiger partial charge in [-0.15, -0.1) is 11.3 Å². The summed E-state index contributed by atoms with van der Waals surface area (Å²) in [5, 5.41) is 6.89. The fourth-order valence-electron chi connectivity index (χ4n) is 3.60. The molecule has 0 atom stereocenters. The Hall–Kier alpha value is -1.73. The number of aryl methyl sites for hydroxylation is 2. The molecule has 1 fully saturated rings. The minimum Gasteiger partial charge on any atom is -0.342 e. The Kier molecular flexibility index (Phi) is 4.14. The van der Waals surface area contributed by atoms with Crippen LogP contribution in [0, 0.1) is 0 Å². The summed E-state index contributed by atoms with van der Waals surface area (Å²) in [5.74, 6) is 0.907. The average molecular weight is 346 g/mol. The number of hydrogen-bond acceptors (Lipinski definition) is 6. The first-order valence-corrected chi connectivity index (χ1v) is 9.47. The molecule has 0 aromatic carbocycles. The lowest BCUT2D eigenvalue weighted by Crippen LogP contribution is -2.34. The minimum atomic E-state index is -0.460. The summed E-state index contributed by atoms with van der Waals surface area (Å²) in [6.07, 6.45) is 8.60. The lowest BCUT2D eigenvalue weighted by atomic mass is 9.99. The van der Waals surface area contributed by atoms with Gasteiger partial charge in [0.2, 0.25) is 5.89 Å². The molecule has 2 aliphatic rings. The number of thiophene rings is 1. The van der Waals surface area contributed by atoms with Crippen molar-refractivity contribution in [1.82, 2.24) is 15.5 Å². The first-order valence-electron chi connectivity index (χ1n) is 8.66. The number of nitrogens with two attached hydrogens (primary N) is 1. The van der Waals surface area contributed by atoms with Crippen molar-refractivity contribution >= 4 is 17.2 Å². The van der Waals surface area contributed by atoms with E-state index in [0.717, 1.165) is 43.4 Å². The zero-order chi connectivity index (χ0) is 16.6. The van der Waals surface area contributed by atoms with Crippen molar-refractivity contribution in [1.29, 1.82) is 0 Å². The fraction of sp³-hybridized carbons (Fsp3) is 0.588. The molecular weight excluding hydrogens is 324 g/mol. The summed E-state index contributed by atoms with van der Waals surface area (Å²) in [5.41, 5.74) is 7.20. The quantitative estimate of drug-likeness (QED) is 0.887. The maximum Gasteiger partial charge on any atom is 0.261 e. The van der Waals surface area contributed by atoms with E-state index in [1.807, 2.05) is 6.07 Å². The van der Waals surface area contributed by atoms with Gasteiger partial charge in [-0.05, 0) is 50.2 Å². The van der Waals surface area contributed by atoms with E-state index in [0.29, 0.717) is 11.7 Å². The number of aromatic nitrogens is 2. The Morgan fingerprint density at radius 1 is 1.29 bits per heavy atom. The monoisotopic (exact) mass is 346 g/mol. The number of nitrogens with zero attached hydrogens (tertiary/aromatic N) is 2. The van der Waals surface area contributed by atoms with Gasteiger partial charge in [0, 0.05) is 4.88 Å². The van der Waals surface area contributed by atoms with Crippen LogP contribution in [0.15, 0.2) is 10.6 Å². The van der Waals surface area contributed by atoms with Crippen LogP contribution < -0.4 is 11.1 Å². The second-order valence-electron chi connectivity index (χ2n) is 6.82. The van der Waals surface area contributed by atoms with Crippen molar-refractivity contribution in [3.05, 3.63) is 33.1 Å². The Labute approximate surface area is 144 Å². The van der Waals surface area contributed by atoms with Crippen LogP contribution in [0.2, 0.25) is 0 Å². The second kappa shape index (κ2) is 6.29. The van der Waals surface area contributed by atoms with Gasteiger partial charge in [-0.3, -0.25) is 4.79 Å². The minimum absolute atomic E-state index is 0.0718. The van der Waals surface area contributed by atoms with Gasteiger partial charge in [-0.1, -0.05) is 18.0 Å². The molecule has 1 saturated carbocycles. The second-order valence-corrected chi connectivity index (χ2v) is 7.96. The van der Waals surface area contributed by atoms with Crippen LogP contribution in [0.4, 0.5) is 0 Å². The topological polar surface area (TPSA) is 94.0 Å². The first-order chi connectivity index (χ1) is 11.6. The van der Waals surface area contributed by atoms with Crippen LogP contribution in [-0.2, 0) is 24.9 Å². The van der Waals surface area contributed by atoms with E-state index in [1.54, 1.807) is 11.3 Å². The zero-order valence-corrected chi connectivity index (χ0v) is 14.5. The Morgan fingerprint density at radius 3 is 2.88 bits per heavy atom. The van der Waals surface area contributed by atoms with Crippen LogP contribution in [0.5, 0.6) is 0 Å². The number of nitrogens with one attached hydrogen (secondary N) is 1. The smallest absolute Gasteiger partial charge is 0.261 e. The standard InChI is InChI=1S/C17H22N4O2S/c18-17(7-3-4-8-17)16-20-14(23-21-16)10-19-15(22)13-9-11-5-1-2-6-12(11)24-13/h9H,1-8,10,18H2,(H,19,22). The van der Waals surface area contributed by atoms with E-state index in [4.69, 9.17) is 10.3 Å². The number of amides is 1. The third-order valence-corrected chi connectivity index (χ3v) is 6.27. The number of carbonyl (C=O) groups is 1. The molecule has 0 saturated heterocycles. The molecule has 2 aliphatic carbocycles. The highest BCUT2D eigenvalue weighted by Gasteiger charge is 2.35. The highest BCUT2D eigenvalue weighted by atomic mass is 32.1. The van der Waals surface area contributed by atoms with Crippen molar-refractivity contribution in [3.63, 3.8) is 0 Å². The van der Waals surface area contributed by atoms with Gasteiger partial charge >= 0.3 is 0 Å². The van der Waals surface area contributed by atoms with Crippen LogP contribution in [-0.4, -0.2) is 16.0 Å². The first kappa shape index (κ1) is 15.8. The number of carbonyl (C=O) groups excluding carboxylic acids is 1. The van der Waals surface area contributed by atoms with E-state index in [2.05, 4.69) is 15.5 Å². The molecule has 0 spiro atoms. The highest BCUT2D eigenvalue weighted by Crippen LogP contribution is 2.34. The highest BCUT2D eigenvalue weighted by molar-refractivity contribution is 7.14. The average Bonchev–Trinajstić information content (AvgIpc) is 3.31. The zero-order valence-electron chi connectivity index (χ0n) is 13.6. The summed E-state index contributed by atoms with van der Waals surface area (Å²) in [6.45, 7) is 0.241. The van der Waals surface area contributed by atoms with E-state index in [-0.39, 0.29) is 12.5 Å². The molecule has 2 aromatic rings. The van der Waals surface area contributed by atoms with Gasteiger partial charge in [0.05, 0.1) is 17.0 Å². The molecule has 128 valence electrons. The van der Waals surface area contributed by atoms with E-state index in [1.165, 1.54) is 23.3 Å². The molecule has 4 rings (SSSR count). The van der Waals surface area contributed by atoms with Crippen molar-refractivity contribution in [3.8, 4) is 0 Å². The summed E-state index contributed by atoms with van der Waals surface area (Å²) in [6, 6.07) is 2.03. The predicted molar refractivity (Wildman–Crippen MR) is 90.8 cm³/mol. The molecule has 2 heterocycles. The molecular formula is C17H22N4O2S. The fourth-order valence-corrected chi connectivity index (χ4v) is 4.77. The molecule has 3 N–H and O–H groups in total. The molecule has 0 radical (unpaired) electrons. The van der Waals surface area contributed by atoms with Gasteiger partial charge in [-0.2, -0.15) is 4.98 Å². The molecule has 1 amide bonds. The van der Waals surface area contributed by atoms with Gasteiger partial charge in [0.25, 0.3) is 5.91 Å². The Morgan fingerprint density at radius 2 is 2.08 bits per heavy atom. The molecule has 0 aliphatic heterocycles. The van der Waals surface area contributed by atoms with Gasteiger partial charge in [0.15, 0.2) is 5.82 Å². The van der Waals surface area contributed by atoms with Crippen LogP contribution >= 0.6 is 11.3 Å². The molecule has 2 aromatic heterocycles. The summed E-state index contributed by atoms with van der Waals surface area (Å²) in [4.78, 5) is 18.9. The van der Waals surface area contributed by atoms with Crippen molar-refractivity contribution < 1.29 is 9.32 Å². The Bertz CT molecular complexity index is 722. The van der Waals surface area contributed by atoms with E-state index in [9.17, 15) is 4.79 Å². The summed E-state index contributed by atoms with van der Waals surface area (Å²) >= 11 is 1.60. The molecule has 7 heteroatoms. The van der Waals surface area contributed by atoms with Crippen LogP contribution in [0.1, 0.15) is 70.4 Å². The third kappa shape index (κ3) is 2.98. The summed E-state index contributed by atoms with van der Waals surface area (Å²) < 4.78 is 5.26. The number of fused-ring (bicyclic) bond motifs is 1. The SMILES string of the molecule is NC1(c2noc(CNC(=O)c3cc4c(s3)CCCC4)n2)CCCC1. The number of rotatable bonds is 4. The molecule has 6 nitrogen and oxygen atoms in total. The van der Waals surface area contributed by atoms with E-state index >= 15 is 0 Å². The van der Waals surface area contributed by atoms with Gasteiger partial charge < -0.3 is 15.6 Å². The summed E-state index contributed by atoms with van der Waals surface area (Å²) in [7, 11) is 0. The predicted octanol–water partition coefficient (Wildman–Crippen LogP) is 2.67. The van der Waals surface area contributed by atoms with Crippen molar-refractivity contribution in [2.45, 2.75) is 63.5 Å². The maximum atomic E-state index is 12.3. The van der Waals surface area contributed by atoms with Crippen LogP contribution in [0.3, 0.4) is 0 Å². The van der Waals surface area contributed by atoms with Gasteiger partial charge in [0.1, 0.15) is 0 Å². The Balaban J connectivity index is 1.39. The third-order valence-electron chi connectivity index (χ3n) is 5.03. The largest absolute Gasteiger partial charge is 0.342 e. The molecule has 24 heavy (non-hydrogen) atoms. The van der Waals surface area contributed by atoms with E-state index < -0.39 is 5.54 Å². The molecule has 0 unspecified atom stereocenters. The van der Waals surface area contributed by atoms with Crippen molar-refractivity contribution in [2.24, 2.45) is 5.73 Å². The van der Waals surface area contributed by atoms with Crippen LogP contribution in [0.25, 0.3) is 0 Å². The molecule has 0 bridgehead atoms. The normalized spacial score (nSPS) is 19.2. The lowest BCUT2D eigenvalue weighted by Gasteiger charge is -2.17.